The monoisotopic (exact) mass is 478 g/mol. The van der Waals surface area contributed by atoms with Crippen LogP contribution in [0.5, 0.6) is 0 Å². The molecule has 7 heteroatoms. The van der Waals surface area contributed by atoms with Gasteiger partial charge in [0.1, 0.15) is 18.2 Å². The average molecular weight is 479 g/mol. The van der Waals surface area contributed by atoms with Gasteiger partial charge in [0.05, 0.1) is 0 Å². The molecule has 2 aliphatic rings. The van der Waals surface area contributed by atoms with Crippen LogP contribution in [0, 0.1) is 5.41 Å². The van der Waals surface area contributed by atoms with Crippen LogP contribution in [0.3, 0.4) is 0 Å². The number of aliphatic carboxylic acids is 1. The smallest absolute Gasteiger partial charge is 0.408 e. The third-order valence-electron chi connectivity index (χ3n) is 7.18. The standard InChI is InChI=1S/C28H34N2O5/c1-27(2,3)16-23(24(31)32)30(4)25(33)28(14-9-15-28)29-26(34)35-17-22-20-12-7-5-10-18(20)19-11-6-8-13-21(19)22/h5-8,10-13,22-23H,9,14-17H2,1-4H3,(H,29,34)(H,31,32). The number of carboxylic acid groups (broad SMARTS) is 1. The number of rotatable bonds is 7. The van der Waals surface area contributed by atoms with Crippen molar-refractivity contribution in [3.8, 4) is 11.1 Å². The summed E-state index contributed by atoms with van der Waals surface area (Å²) in [5.74, 6) is -1.51. The summed E-state index contributed by atoms with van der Waals surface area (Å²) in [5.41, 5.74) is 3.11. The Balaban J connectivity index is 1.44. The van der Waals surface area contributed by atoms with Gasteiger partial charge in [-0.2, -0.15) is 0 Å². The lowest BCUT2D eigenvalue weighted by Crippen LogP contribution is -2.65. The molecular weight excluding hydrogens is 444 g/mol. The normalized spacial score (nSPS) is 16.9. The van der Waals surface area contributed by atoms with E-state index in [1.165, 1.54) is 11.9 Å². The molecule has 0 spiro atoms. The summed E-state index contributed by atoms with van der Waals surface area (Å²) < 4.78 is 5.65. The van der Waals surface area contributed by atoms with Crippen molar-refractivity contribution >= 4 is 18.0 Å². The summed E-state index contributed by atoms with van der Waals surface area (Å²) in [6.07, 6.45) is 1.35. The maximum Gasteiger partial charge on any atom is 0.408 e. The first kappa shape index (κ1) is 24.8. The molecule has 0 aromatic heterocycles. The van der Waals surface area contributed by atoms with Gasteiger partial charge < -0.3 is 20.1 Å². The van der Waals surface area contributed by atoms with Crippen molar-refractivity contribution in [1.82, 2.24) is 10.2 Å². The predicted molar refractivity (Wildman–Crippen MR) is 133 cm³/mol. The summed E-state index contributed by atoms with van der Waals surface area (Å²) in [5, 5.41) is 12.5. The number of nitrogens with zero attached hydrogens (tertiary/aromatic N) is 1. The Morgan fingerprint density at radius 3 is 2.06 bits per heavy atom. The quantitative estimate of drug-likeness (QED) is 0.596. The van der Waals surface area contributed by atoms with Crippen LogP contribution in [-0.2, 0) is 14.3 Å². The van der Waals surface area contributed by atoms with Gasteiger partial charge in [-0.05, 0) is 53.4 Å². The molecule has 2 aromatic carbocycles. The lowest BCUT2D eigenvalue weighted by atomic mass is 9.75. The molecule has 1 unspecified atom stereocenters. The van der Waals surface area contributed by atoms with Gasteiger partial charge >= 0.3 is 12.1 Å². The minimum Gasteiger partial charge on any atom is -0.480 e. The first-order valence-electron chi connectivity index (χ1n) is 12.2. The van der Waals surface area contributed by atoms with Crippen molar-refractivity contribution in [2.24, 2.45) is 5.41 Å². The molecule has 0 bridgehead atoms. The van der Waals surface area contributed by atoms with Crippen LogP contribution in [0.1, 0.15) is 63.5 Å². The lowest BCUT2D eigenvalue weighted by molar-refractivity contribution is -0.154. The molecule has 2 aliphatic carbocycles. The van der Waals surface area contributed by atoms with Gasteiger partial charge in [0.15, 0.2) is 0 Å². The van der Waals surface area contributed by atoms with E-state index < -0.39 is 23.6 Å². The molecule has 2 amide bonds. The Bertz CT molecular complexity index is 1090. The summed E-state index contributed by atoms with van der Waals surface area (Å²) in [7, 11) is 1.51. The van der Waals surface area contributed by atoms with E-state index in [1.807, 2.05) is 45.0 Å². The van der Waals surface area contributed by atoms with E-state index in [0.29, 0.717) is 19.3 Å². The van der Waals surface area contributed by atoms with Gasteiger partial charge in [-0.1, -0.05) is 69.3 Å². The maximum atomic E-state index is 13.4. The van der Waals surface area contributed by atoms with Crippen molar-refractivity contribution < 1.29 is 24.2 Å². The molecule has 2 N–H and O–H groups in total. The second-order valence-corrected chi connectivity index (χ2v) is 10.9. The Labute approximate surface area is 206 Å². The van der Waals surface area contributed by atoms with Crippen LogP contribution < -0.4 is 5.32 Å². The number of ether oxygens (including phenoxy) is 1. The Morgan fingerprint density at radius 2 is 1.60 bits per heavy atom. The zero-order valence-corrected chi connectivity index (χ0v) is 20.8. The van der Waals surface area contributed by atoms with E-state index in [1.54, 1.807) is 0 Å². The number of alkyl carbamates (subject to hydrolysis) is 1. The molecule has 0 heterocycles. The highest BCUT2D eigenvalue weighted by atomic mass is 16.5. The number of fused-ring (bicyclic) bond motifs is 3. The molecule has 0 radical (unpaired) electrons. The largest absolute Gasteiger partial charge is 0.480 e. The Hall–Kier alpha value is -3.35. The maximum absolute atomic E-state index is 13.4. The third kappa shape index (κ3) is 4.90. The Kier molecular flexibility index (Phi) is 6.62. The van der Waals surface area contributed by atoms with E-state index in [9.17, 15) is 19.5 Å². The fourth-order valence-electron chi connectivity index (χ4n) is 5.20. The number of hydrogen-bond donors (Lipinski definition) is 2. The minimum absolute atomic E-state index is 0.0768. The number of likely N-dealkylation sites (N-methyl/N-ethyl adjacent to an activating group) is 1. The number of hydrogen-bond acceptors (Lipinski definition) is 4. The SMILES string of the molecule is CN(C(=O)C1(NC(=O)OCC2c3ccccc3-c3ccccc32)CCC1)C(CC(C)(C)C)C(=O)O. The molecule has 2 aromatic rings. The van der Waals surface area contributed by atoms with Gasteiger partial charge in [0.25, 0.3) is 0 Å². The zero-order chi connectivity index (χ0) is 25.4. The highest BCUT2D eigenvalue weighted by Gasteiger charge is 2.49. The highest BCUT2D eigenvalue weighted by Crippen LogP contribution is 2.44. The first-order chi connectivity index (χ1) is 16.5. The molecule has 1 fully saturated rings. The first-order valence-corrected chi connectivity index (χ1v) is 12.2. The summed E-state index contributed by atoms with van der Waals surface area (Å²) in [6, 6.07) is 15.2. The van der Waals surface area contributed by atoms with Crippen LogP contribution in [0.4, 0.5) is 4.79 Å². The molecule has 35 heavy (non-hydrogen) atoms. The van der Waals surface area contributed by atoms with Gasteiger partial charge in [-0.15, -0.1) is 0 Å². The molecule has 7 nitrogen and oxygen atoms in total. The van der Waals surface area contributed by atoms with Crippen molar-refractivity contribution in [2.75, 3.05) is 13.7 Å². The molecular formula is C28H34N2O5. The van der Waals surface area contributed by atoms with Crippen LogP contribution in [0.25, 0.3) is 11.1 Å². The van der Waals surface area contributed by atoms with Gasteiger partial charge in [0, 0.05) is 13.0 Å². The average Bonchev–Trinajstić information content (AvgIpc) is 3.10. The number of nitrogens with one attached hydrogen (secondary N) is 1. The van der Waals surface area contributed by atoms with E-state index in [2.05, 4.69) is 29.6 Å². The summed E-state index contributed by atoms with van der Waals surface area (Å²) in [4.78, 5) is 39.5. The number of amides is 2. The molecule has 4 rings (SSSR count). The van der Waals surface area contributed by atoms with Crippen LogP contribution in [-0.4, -0.2) is 53.2 Å². The number of carboxylic acids is 1. The van der Waals surface area contributed by atoms with Crippen molar-refractivity contribution in [1.29, 1.82) is 0 Å². The fourth-order valence-corrected chi connectivity index (χ4v) is 5.20. The number of benzene rings is 2. The van der Waals surface area contributed by atoms with Crippen LogP contribution >= 0.6 is 0 Å². The van der Waals surface area contributed by atoms with Gasteiger partial charge in [-0.3, -0.25) is 4.79 Å². The lowest BCUT2D eigenvalue weighted by Gasteiger charge is -2.44. The van der Waals surface area contributed by atoms with E-state index >= 15 is 0 Å². The fraction of sp³-hybridized carbons (Fsp3) is 0.464. The molecule has 1 atom stereocenters. The number of carbonyl (C=O) groups is 3. The second-order valence-electron chi connectivity index (χ2n) is 10.9. The third-order valence-corrected chi connectivity index (χ3v) is 7.18. The molecule has 1 saturated carbocycles. The summed E-state index contributed by atoms with van der Waals surface area (Å²) in [6.45, 7) is 5.97. The molecule has 0 saturated heterocycles. The second kappa shape index (κ2) is 9.36. The van der Waals surface area contributed by atoms with Crippen LogP contribution in [0.2, 0.25) is 0 Å². The Morgan fingerprint density at radius 1 is 1.06 bits per heavy atom. The molecule has 186 valence electrons. The van der Waals surface area contributed by atoms with E-state index in [-0.39, 0.29) is 23.8 Å². The highest BCUT2D eigenvalue weighted by molar-refractivity contribution is 5.93. The van der Waals surface area contributed by atoms with E-state index in [4.69, 9.17) is 4.74 Å². The van der Waals surface area contributed by atoms with Gasteiger partial charge in [-0.25, -0.2) is 9.59 Å². The zero-order valence-electron chi connectivity index (χ0n) is 20.8. The number of carbonyl (C=O) groups excluding carboxylic acids is 2. The van der Waals surface area contributed by atoms with Crippen LogP contribution in [0.15, 0.2) is 48.5 Å². The van der Waals surface area contributed by atoms with Gasteiger partial charge in [0.2, 0.25) is 5.91 Å². The van der Waals surface area contributed by atoms with Crippen molar-refractivity contribution in [2.45, 2.75) is 64.0 Å². The minimum atomic E-state index is -1.12. The van der Waals surface area contributed by atoms with Crippen molar-refractivity contribution in [3.63, 3.8) is 0 Å². The summed E-state index contributed by atoms with van der Waals surface area (Å²) >= 11 is 0. The topological polar surface area (TPSA) is 95.9 Å². The molecule has 0 aliphatic heterocycles. The predicted octanol–water partition coefficient (Wildman–Crippen LogP) is 4.80. The van der Waals surface area contributed by atoms with Crippen molar-refractivity contribution in [3.05, 3.63) is 59.7 Å². The van der Waals surface area contributed by atoms with E-state index in [0.717, 1.165) is 28.7 Å².